The molecule has 1 unspecified atom stereocenters. The number of amides is 1. The van der Waals surface area contributed by atoms with Crippen LogP contribution in [0.25, 0.3) is 0 Å². The number of nitrogens with one attached hydrogen (secondary N) is 2. The summed E-state index contributed by atoms with van der Waals surface area (Å²) < 4.78 is 1.76. The van der Waals surface area contributed by atoms with E-state index in [1.807, 2.05) is 38.1 Å². The lowest BCUT2D eigenvalue weighted by atomic mass is 10.2. The molecule has 0 bridgehead atoms. The molecule has 6 nitrogen and oxygen atoms in total. The Kier molecular flexibility index (Phi) is 5.45. The maximum absolute atomic E-state index is 11.9. The zero-order valence-electron chi connectivity index (χ0n) is 12.4. The number of rotatable bonds is 7. The predicted octanol–water partition coefficient (Wildman–Crippen LogP) is 1.65. The van der Waals surface area contributed by atoms with Gasteiger partial charge in [-0.1, -0.05) is 19.1 Å². The molecule has 0 aliphatic heterocycles. The second kappa shape index (κ2) is 7.54. The molecule has 1 heterocycles. The van der Waals surface area contributed by atoms with E-state index in [1.54, 1.807) is 11.0 Å². The molecule has 0 saturated carbocycles. The van der Waals surface area contributed by atoms with Crippen LogP contribution in [0.5, 0.6) is 0 Å². The van der Waals surface area contributed by atoms with Crippen LogP contribution in [0.4, 0.5) is 5.69 Å². The van der Waals surface area contributed by atoms with E-state index >= 15 is 0 Å². The van der Waals surface area contributed by atoms with Crippen molar-refractivity contribution < 1.29 is 4.79 Å². The molecule has 1 aromatic carbocycles. The highest BCUT2D eigenvalue weighted by atomic mass is 16.1. The van der Waals surface area contributed by atoms with Crippen LogP contribution in [0.3, 0.4) is 0 Å². The van der Waals surface area contributed by atoms with E-state index in [9.17, 15) is 4.79 Å². The van der Waals surface area contributed by atoms with Gasteiger partial charge in [0, 0.05) is 18.2 Å². The molecule has 0 saturated heterocycles. The monoisotopic (exact) mass is 287 g/mol. The van der Waals surface area contributed by atoms with Crippen molar-refractivity contribution in [3.05, 3.63) is 42.5 Å². The summed E-state index contributed by atoms with van der Waals surface area (Å²) >= 11 is 0. The molecule has 1 aromatic heterocycles. The third-order valence-electron chi connectivity index (χ3n) is 3.09. The number of hydrogen-bond donors (Lipinski definition) is 2. The van der Waals surface area contributed by atoms with Crippen LogP contribution >= 0.6 is 0 Å². The zero-order chi connectivity index (χ0) is 15.1. The molecule has 6 heteroatoms. The highest BCUT2D eigenvalue weighted by molar-refractivity contribution is 5.91. The second-order valence-electron chi connectivity index (χ2n) is 5.00. The maximum Gasteiger partial charge on any atom is 0.225 e. The number of aromatic nitrogens is 3. The number of carbonyl (C=O) groups is 1. The molecule has 0 aliphatic rings. The molecule has 0 spiro atoms. The van der Waals surface area contributed by atoms with Gasteiger partial charge in [0.15, 0.2) is 0 Å². The molecule has 2 rings (SSSR count). The van der Waals surface area contributed by atoms with Crippen molar-refractivity contribution in [3.8, 4) is 0 Å². The Hall–Kier alpha value is -2.21. The first-order chi connectivity index (χ1) is 10.2. The van der Waals surface area contributed by atoms with Crippen LogP contribution in [0, 0.1) is 0 Å². The Morgan fingerprint density at radius 1 is 1.33 bits per heavy atom. The minimum Gasteiger partial charge on any atom is -0.326 e. The first-order valence-electron chi connectivity index (χ1n) is 7.12. The lowest BCUT2D eigenvalue weighted by Crippen LogP contribution is -2.30. The zero-order valence-corrected chi connectivity index (χ0v) is 12.4. The quantitative estimate of drug-likeness (QED) is 0.812. The van der Waals surface area contributed by atoms with Gasteiger partial charge in [0.05, 0.1) is 6.54 Å². The highest BCUT2D eigenvalue weighted by Gasteiger charge is 2.08. The van der Waals surface area contributed by atoms with Gasteiger partial charge >= 0.3 is 0 Å². The minimum atomic E-state index is 0.0208. The van der Waals surface area contributed by atoms with Crippen molar-refractivity contribution in [1.82, 2.24) is 20.1 Å². The smallest absolute Gasteiger partial charge is 0.225 e. The Labute approximate surface area is 124 Å². The second-order valence-corrected chi connectivity index (χ2v) is 5.00. The van der Waals surface area contributed by atoms with Crippen molar-refractivity contribution >= 4 is 11.6 Å². The van der Waals surface area contributed by atoms with Crippen molar-refractivity contribution in [2.24, 2.45) is 0 Å². The fourth-order valence-electron chi connectivity index (χ4n) is 2.11. The van der Waals surface area contributed by atoms with E-state index in [0.717, 1.165) is 17.8 Å². The third-order valence-corrected chi connectivity index (χ3v) is 3.09. The number of hydrogen-bond acceptors (Lipinski definition) is 4. The maximum atomic E-state index is 11.9. The summed E-state index contributed by atoms with van der Waals surface area (Å²) in [4.78, 5) is 15.8. The predicted molar refractivity (Wildman–Crippen MR) is 82.0 cm³/mol. The van der Waals surface area contributed by atoms with Crippen LogP contribution in [-0.4, -0.2) is 33.3 Å². The Bertz CT molecular complexity index is 550. The van der Waals surface area contributed by atoms with E-state index in [4.69, 9.17) is 0 Å². The molecule has 1 amide bonds. The third kappa shape index (κ3) is 5.00. The Morgan fingerprint density at radius 3 is 2.71 bits per heavy atom. The van der Waals surface area contributed by atoms with E-state index < -0.39 is 0 Å². The van der Waals surface area contributed by atoms with Gasteiger partial charge in [0.1, 0.15) is 12.7 Å². The standard InChI is InChI=1S/C15H21N5O/c1-3-17-12(2)8-15(21)19-14-6-4-13(5-7-14)9-20-11-16-10-18-20/h4-7,10-12,17H,3,8-9H2,1-2H3,(H,19,21). The molecular weight excluding hydrogens is 266 g/mol. The van der Waals surface area contributed by atoms with Gasteiger partial charge in [-0.15, -0.1) is 0 Å². The number of anilines is 1. The van der Waals surface area contributed by atoms with Crippen LogP contribution in [0.1, 0.15) is 25.8 Å². The molecule has 1 atom stereocenters. The number of carbonyl (C=O) groups excluding carboxylic acids is 1. The molecule has 0 fully saturated rings. The summed E-state index contributed by atoms with van der Waals surface area (Å²) in [7, 11) is 0. The summed E-state index contributed by atoms with van der Waals surface area (Å²) in [6, 6.07) is 7.95. The minimum absolute atomic E-state index is 0.0208. The average molecular weight is 287 g/mol. The SMILES string of the molecule is CCNC(C)CC(=O)Nc1ccc(Cn2cncn2)cc1. The van der Waals surface area contributed by atoms with Gasteiger partial charge in [0.2, 0.25) is 5.91 Å². The van der Waals surface area contributed by atoms with Gasteiger partial charge in [-0.25, -0.2) is 9.67 Å². The highest BCUT2D eigenvalue weighted by Crippen LogP contribution is 2.11. The lowest BCUT2D eigenvalue weighted by molar-refractivity contribution is -0.116. The van der Waals surface area contributed by atoms with Crippen molar-refractivity contribution in [2.75, 3.05) is 11.9 Å². The lowest BCUT2D eigenvalue weighted by Gasteiger charge is -2.12. The number of benzene rings is 1. The molecule has 2 aromatic rings. The summed E-state index contributed by atoms with van der Waals surface area (Å²) in [5.41, 5.74) is 1.92. The van der Waals surface area contributed by atoms with Crippen LogP contribution in [0.2, 0.25) is 0 Å². The number of nitrogens with zero attached hydrogens (tertiary/aromatic N) is 3. The molecule has 112 valence electrons. The van der Waals surface area contributed by atoms with E-state index in [-0.39, 0.29) is 11.9 Å². The summed E-state index contributed by atoms with van der Waals surface area (Å²) in [6.07, 6.45) is 3.66. The molecule has 2 N–H and O–H groups in total. The van der Waals surface area contributed by atoms with Crippen molar-refractivity contribution in [2.45, 2.75) is 32.9 Å². The molecule has 0 radical (unpaired) electrons. The van der Waals surface area contributed by atoms with Crippen LogP contribution < -0.4 is 10.6 Å². The normalized spacial score (nSPS) is 12.1. The fourth-order valence-corrected chi connectivity index (χ4v) is 2.11. The first-order valence-corrected chi connectivity index (χ1v) is 7.12. The Balaban J connectivity index is 1.86. The van der Waals surface area contributed by atoms with E-state index in [2.05, 4.69) is 20.7 Å². The summed E-state index contributed by atoms with van der Waals surface area (Å²) in [5, 5.41) is 10.2. The summed E-state index contributed by atoms with van der Waals surface area (Å²) in [6.45, 7) is 5.57. The van der Waals surface area contributed by atoms with Gasteiger partial charge in [-0.05, 0) is 31.2 Å². The topological polar surface area (TPSA) is 71.8 Å². The molecule has 21 heavy (non-hydrogen) atoms. The average Bonchev–Trinajstić information content (AvgIpc) is 2.94. The molecule has 0 aliphatic carbocycles. The van der Waals surface area contributed by atoms with Gasteiger partial charge in [-0.2, -0.15) is 5.10 Å². The van der Waals surface area contributed by atoms with Crippen LogP contribution in [-0.2, 0) is 11.3 Å². The van der Waals surface area contributed by atoms with Crippen LogP contribution in [0.15, 0.2) is 36.9 Å². The van der Waals surface area contributed by atoms with E-state index in [0.29, 0.717) is 13.0 Å². The van der Waals surface area contributed by atoms with Gasteiger partial charge in [0.25, 0.3) is 0 Å². The van der Waals surface area contributed by atoms with E-state index in [1.165, 1.54) is 6.33 Å². The van der Waals surface area contributed by atoms with Gasteiger partial charge < -0.3 is 10.6 Å². The summed E-state index contributed by atoms with van der Waals surface area (Å²) in [5.74, 6) is 0.0208. The Morgan fingerprint density at radius 2 is 2.10 bits per heavy atom. The van der Waals surface area contributed by atoms with Crippen molar-refractivity contribution in [3.63, 3.8) is 0 Å². The largest absolute Gasteiger partial charge is 0.326 e. The van der Waals surface area contributed by atoms with Crippen molar-refractivity contribution in [1.29, 1.82) is 0 Å². The fraction of sp³-hybridized carbons (Fsp3) is 0.400. The van der Waals surface area contributed by atoms with Gasteiger partial charge in [-0.3, -0.25) is 4.79 Å². The first kappa shape index (κ1) is 15.2. The molecular formula is C15H21N5O.